The SMILES string of the molecule is CC(=O)NC(C(=O)N[C@@H]1C(=O)N2C(C(=O)O)=C(C[n+]3ccn4ccccc43)CS[C@H]12)c1csc(N)n1. The number of aromatic nitrogens is 3. The molecule has 3 atom stereocenters. The van der Waals surface area contributed by atoms with Gasteiger partial charge in [0.05, 0.1) is 11.9 Å². The van der Waals surface area contributed by atoms with E-state index in [0.29, 0.717) is 17.9 Å². The molecular formula is C22H22N7O5S2+. The van der Waals surface area contributed by atoms with Crippen LogP contribution in [0.2, 0.25) is 0 Å². The fraction of sp³-hybridized carbons (Fsp3) is 0.273. The predicted octanol–water partition coefficient (Wildman–Crippen LogP) is -0.118. The van der Waals surface area contributed by atoms with Crippen molar-refractivity contribution in [2.45, 2.75) is 30.9 Å². The molecule has 5 heterocycles. The van der Waals surface area contributed by atoms with Crippen LogP contribution in [0, 0.1) is 0 Å². The number of β-lactam (4-membered cyclic amide) rings is 1. The standard InChI is InChI=1S/C22H21N7O5S2/c1-11(30)24-15(13-10-36-22(23)25-13)18(31)26-16-19(32)29-17(21(33)34)12(9-35-20(16)29)8-28-7-6-27-5-3-2-4-14(27)28/h2-7,10,15-16,20H,8-9H2,1H3,(H4-,23,24,25,26,30,31,33,34)/p+1/t15?,16-,20-/m1/s1. The quantitative estimate of drug-likeness (QED) is 0.244. The van der Waals surface area contributed by atoms with Gasteiger partial charge in [0.2, 0.25) is 11.8 Å². The first-order valence-electron chi connectivity index (χ1n) is 10.9. The molecule has 12 nitrogen and oxygen atoms in total. The second-order valence-corrected chi connectivity index (χ2v) is 10.3. The minimum atomic E-state index is -1.20. The number of nitrogen functional groups attached to an aromatic ring is 1. The summed E-state index contributed by atoms with van der Waals surface area (Å²) in [6.07, 6.45) is 5.62. The van der Waals surface area contributed by atoms with Gasteiger partial charge in [-0.3, -0.25) is 19.3 Å². The minimum absolute atomic E-state index is 0.0669. The van der Waals surface area contributed by atoms with Crippen LogP contribution in [0.3, 0.4) is 0 Å². The Morgan fingerprint density at radius 2 is 2.14 bits per heavy atom. The van der Waals surface area contributed by atoms with Gasteiger partial charge in [-0.25, -0.2) is 18.7 Å². The summed E-state index contributed by atoms with van der Waals surface area (Å²) in [6.45, 7) is 1.57. The van der Waals surface area contributed by atoms with E-state index in [1.165, 1.54) is 23.6 Å². The summed E-state index contributed by atoms with van der Waals surface area (Å²) >= 11 is 2.50. The van der Waals surface area contributed by atoms with Gasteiger partial charge < -0.3 is 21.5 Å². The highest BCUT2D eigenvalue weighted by atomic mass is 32.2. The fourth-order valence-corrected chi connectivity index (χ4v) is 6.26. The largest absolute Gasteiger partial charge is 0.477 e. The lowest BCUT2D eigenvalue weighted by molar-refractivity contribution is -0.662. The highest BCUT2D eigenvalue weighted by molar-refractivity contribution is 8.00. The first kappa shape index (κ1) is 23.8. The Morgan fingerprint density at radius 3 is 2.83 bits per heavy atom. The zero-order chi connectivity index (χ0) is 25.6. The molecule has 2 aliphatic rings. The Hall–Kier alpha value is -3.91. The number of thiazole rings is 1. The molecule has 5 N–H and O–H groups in total. The second kappa shape index (κ2) is 9.28. The minimum Gasteiger partial charge on any atom is -0.477 e. The predicted molar refractivity (Wildman–Crippen MR) is 130 cm³/mol. The number of rotatable bonds is 7. The number of carbonyl (C=O) groups excluding carboxylic acids is 3. The molecule has 5 rings (SSSR count). The summed E-state index contributed by atoms with van der Waals surface area (Å²) < 4.78 is 3.84. The molecule has 0 aromatic carbocycles. The van der Waals surface area contributed by atoms with Crippen LogP contribution in [0.5, 0.6) is 0 Å². The van der Waals surface area contributed by atoms with Crippen molar-refractivity contribution in [1.82, 2.24) is 24.9 Å². The first-order valence-corrected chi connectivity index (χ1v) is 12.8. The Labute approximate surface area is 212 Å². The Balaban J connectivity index is 1.36. The summed E-state index contributed by atoms with van der Waals surface area (Å²) in [7, 11) is 0. The maximum atomic E-state index is 13.1. The number of nitrogens with two attached hydrogens (primary N) is 1. The number of carboxylic acid groups (broad SMARTS) is 1. The molecule has 3 aromatic rings. The Morgan fingerprint density at radius 1 is 1.33 bits per heavy atom. The normalized spacial score (nSPS) is 20.0. The number of carboxylic acids is 1. The van der Waals surface area contributed by atoms with Gasteiger partial charge in [-0.2, -0.15) is 0 Å². The highest BCUT2D eigenvalue weighted by Crippen LogP contribution is 2.40. The molecule has 3 amide bonds. The number of pyridine rings is 1. The van der Waals surface area contributed by atoms with Crippen LogP contribution < -0.4 is 20.9 Å². The number of anilines is 1. The molecule has 1 saturated heterocycles. The van der Waals surface area contributed by atoms with Gasteiger partial charge in [-0.15, -0.1) is 23.1 Å². The van der Waals surface area contributed by atoms with Crippen molar-refractivity contribution < 1.29 is 28.9 Å². The molecule has 0 saturated carbocycles. The van der Waals surface area contributed by atoms with E-state index in [2.05, 4.69) is 15.6 Å². The Kier molecular flexibility index (Phi) is 6.14. The van der Waals surface area contributed by atoms with Crippen LogP contribution in [-0.2, 0) is 25.7 Å². The molecule has 3 aromatic heterocycles. The van der Waals surface area contributed by atoms with Crippen molar-refractivity contribution in [3.8, 4) is 0 Å². The van der Waals surface area contributed by atoms with E-state index in [-0.39, 0.29) is 16.5 Å². The van der Waals surface area contributed by atoms with E-state index in [1.54, 1.807) is 5.38 Å². The van der Waals surface area contributed by atoms with E-state index >= 15 is 0 Å². The number of hydrogen-bond acceptors (Lipinski definition) is 8. The molecule has 1 fully saturated rings. The molecule has 0 aliphatic carbocycles. The topological polar surface area (TPSA) is 163 Å². The Bertz CT molecular complexity index is 1430. The van der Waals surface area contributed by atoms with Crippen molar-refractivity contribution in [2.24, 2.45) is 0 Å². The first-order chi connectivity index (χ1) is 17.2. The third-order valence-electron chi connectivity index (χ3n) is 5.92. The molecular weight excluding hydrogens is 506 g/mol. The lowest BCUT2D eigenvalue weighted by Gasteiger charge is -2.49. The smallest absolute Gasteiger partial charge is 0.352 e. The van der Waals surface area contributed by atoms with E-state index in [4.69, 9.17) is 5.73 Å². The molecule has 0 radical (unpaired) electrons. The highest BCUT2D eigenvalue weighted by Gasteiger charge is 2.54. The van der Waals surface area contributed by atoms with Crippen LogP contribution in [-0.4, -0.2) is 60.3 Å². The summed E-state index contributed by atoms with van der Waals surface area (Å²) in [4.78, 5) is 55.2. The zero-order valence-corrected chi connectivity index (χ0v) is 20.6. The molecule has 14 heteroatoms. The van der Waals surface area contributed by atoms with Crippen molar-refractivity contribution in [3.05, 3.63) is 59.1 Å². The maximum Gasteiger partial charge on any atom is 0.352 e. The van der Waals surface area contributed by atoms with Crippen LogP contribution >= 0.6 is 23.1 Å². The molecule has 36 heavy (non-hydrogen) atoms. The van der Waals surface area contributed by atoms with Crippen LogP contribution in [0.15, 0.2) is 53.4 Å². The molecule has 0 bridgehead atoms. The van der Waals surface area contributed by atoms with Gasteiger partial charge in [0.15, 0.2) is 11.2 Å². The van der Waals surface area contributed by atoms with E-state index in [0.717, 1.165) is 17.0 Å². The number of nitrogens with zero attached hydrogens (tertiary/aromatic N) is 4. The zero-order valence-electron chi connectivity index (χ0n) is 19.0. The number of fused-ring (bicyclic) bond motifs is 2. The number of hydrogen-bond donors (Lipinski definition) is 4. The van der Waals surface area contributed by atoms with Crippen LogP contribution in [0.1, 0.15) is 18.7 Å². The monoisotopic (exact) mass is 528 g/mol. The van der Waals surface area contributed by atoms with E-state index in [1.807, 2.05) is 45.8 Å². The molecule has 186 valence electrons. The third-order valence-corrected chi connectivity index (χ3v) is 7.95. The van der Waals surface area contributed by atoms with E-state index < -0.39 is 41.1 Å². The number of amides is 3. The molecule has 2 aliphatic heterocycles. The van der Waals surface area contributed by atoms with Gasteiger partial charge in [-0.05, 0) is 6.07 Å². The summed E-state index contributed by atoms with van der Waals surface area (Å²) in [5, 5.41) is 16.4. The average molecular weight is 529 g/mol. The lowest BCUT2D eigenvalue weighted by Crippen LogP contribution is -2.71. The summed E-state index contributed by atoms with van der Waals surface area (Å²) in [5.74, 6) is -2.44. The van der Waals surface area contributed by atoms with Gasteiger partial charge in [-0.1, -0.05) is 6.07 Å². The van der Waals surface area contributed by atoms with Gasteiger partial charge in [0.1, 0.15) is 36.1 Å². The second-order valence-electron chi connectivity index (χ2n) is 8.29. The average Bonchev–Trinajstić information content (AvgIpc) is 3.46. The van der Waals surface area contributed by atoms with Crippen molar-refractivity contribution >= 4 is 57.6 Å². The maximum absolute atomic E-state index is 13.1. The summed E-state index contributed by atoms with van der Waals surface area (Å²) in [6, 6.07) is 3.64. The van der Waals surface area contributed by atoms with Gasteiger partial charge in [0.25, 0.3) is 11.6 Å². The summed E-state index contributed by atoms with van der Waals surface area (Å²) in [5.41, 5.74) is 7.34. The number of thioether (sulfide) groups is 1. The lowest BCUT2D eigenvalue weighted by atomic mass is 10.0. The third kappa shape index (κ3) is 4.18. The van der Waals surface area contributed by atoms with Crippen LogP contribution in [0.25, 0.3) is 5.65 Å². The molecule has 0 spiro atoms. The van der Waals surface area contributed by atoms with E-state index in [9.17, 15) is 24.3 Å². The number of imidazole rings is 1. The van der Waals surface area contributed by atoms with Gasteiger partial charge >= 0.3 is 5.97 Å². The number of aliphatic carboxylic acids is 1. The molecule has 1 unspecified atom stereocenters. The number of nitrogens with one attached hydrogen (secondary N) is 2. The van der Waals surface area contributed by atoms with Crippen LogP contribution in [0.4, 0.5) is 5.13 Å². The van der Waals surface area contributed by atoms with Gasteiger partial charge in [0, 0.05) is 29.7 Å². The van der Waals surface area contributed by atoms with Crippen molar-refractivity contribution in [2.75, 3.05) is 11.5 Å². The fourth-order valence-electron chi connectivity index (χ4n) is 4.34. The number of carbonyl (C=O) groups is 4. The van der Waals surface area contributed by atoms with Crippen molar-refractivity contribution in [1.29, 1.82) is 0 Å². The van der Waals surface area contributed by atoms with Crippen molar-refractivity contribution in [3.63, 3.8) is 0 Å².